The predicted octanol–water partition coefficient (Wildman–Crippen LogP) is 3.10. The second kappa shape index (κ2) is 8.44. The number of rotatable bonds is 8. The largest absolute Gasteiger partial charge is 0.376 e. The zero-order valence-electron chi connectivity index (χ0n) is 17.1. The van der Waals surface area contributed by atoms with Gasteiger partial charge in [-0.1, -0.05) is 24.2 Å². The Balaban J connectivity index is 1.17. The van der Waals surface area contributed by atoms with Crippen LogP contribution in [0.4, 0.5) is 6.01 Å². The van der Waals surface area contributed by atoms with Crippen LogP contribution in [0.15, 0.2) is 33.7 Å². The molecule has 2 heterocycles. The smallest absolute Gasteiger partial charge is 0.324 e. The molecular weight excluding hydrogens is 390 g/mol. The van der Waals surface area contributed by atoms with Gasteiger partial charge in [-0.3, -0.25) is 0 Å². The predicted molar refractivity (Wildman–Crippen MR) is 109 cm³/mol. The van der Waals surface area contributed by atoms with Crippen LogP contribution in [0.5, 0.6) is 0 Å². The third-order valence-corrected chi connectivity index (χ3v) is 7.25. The Labute approximate surface area is 172 Å². The van der Waals surface area contributed by atoms with Gasteiger partial charge in [0.1, 0.15) is 0 Å². The fourth-order valence-corrected chi connectivity index (χ4v) is 4.87. The van der Waals surface area contributed by atoms with E-state index in [1.807, 2.05) is 19.1 Å². The molecule has 0 amide bonds. The Morgan fingerprint density at radius 2 is 1.93 bits per heavy atom. The molecule has 0 radical (unpaired) electrons. The third-order valence-electron chi connectivity index (χ3n) is 6.12. The van der Waals surface area contributed by atoms with Gasteiger partial charge in [0.25, 0.3) is 0 Å². The summed E-state index contributed by atoms with van der Waals surface area (Å²) in [5, 5.41) is 3.99. The van der Waals surface area contributed by atoms with Gasteiger partial charge in [0.2, 0.25) is 0 Å². The second-order valence-corrected chi connectivity index (χ2v) is 10.3. The normalized spacial score (nSPS) is 22.8. The number of piperidine rings is 1. The van der Waals surface area contributed by atoms with Crippen molar-refractivity contribution in [3.63, 3.8) is 0 Å². The molecule has 4 rings (SSSR count). The van der Waals surface area contributed by atoms with Gasteiger partial charge >= 0.3 is 6.01 Å². The van der Waals surface area contributed by atoms with Crippen molar-refractivity contribution in [2.45, 2.75) is 44.1 Å². The van der Waals surface area contributed by atoms with Crippen LogP contribution in [0, 0.1) is 17.8 Å². The highest BCUT2D eigenvalue weighted by Crippen LogP contribution is 2.48. The lowest BCUT2D eigenvalue weighted by Gasteiger charge is -2.30. The summed E-state index contributed by atoms with van der Waals surface area (Å²) in [4.78, 5) is 6.99. The molecule has 0 unspecified atom stereocenters. The number of aromatic nitrogens is 2. The van der Waals surface area contributed by atoms with E-state index < -0.39 is 9.84 Å². The first kappa shape index (κ1) is 20.3. The minimum atomic E-state index is -3.14. The molecule has 1 saturated heterocycles. The molecule has 0 bridgehead atoms. The Morgan fingerprint density at radius 1 is 1.21 bits per heavy atom. The van der Waals surface area contributed by atoms with Gasteiger partial charge in [-0.05, 0) is 54.7 Å². The SMILES string of the molecule is CCc1noc(N2CCC([C@H]3C[C@H]3COCc3ccc(S(C)(=O)=O)cc3)CC2)n1. The van der Waals surface area contributed by atoms with Crippen molar-refractivity contribution in [1.29, 1.82) is 0 Å². The van der Waals surface area contributed by atoms with Gasteiger partial charge in [0.15, 0.2) is 15.7 Å². The van der Waals surface area contributed by atoms with E-state index >= 15 is 0 Å². The van der Waals surface area contributed by atoms with E-state index in [9.17, 15) is 8.42 Å². The van der Waals surface area contributed by atoms with Crippen molar-refractivity contribution in [2.75, 3.05) is 30.9 Å². The number of anilines is 1. The molecule has 8 heteroatoms. The molecule has 2 aliphatic rings. The number of benzene rings is 1. The highest BCUT2D eigenvalue weighted by Gasteiger charge is 2.43. The molecule has 1 aromatic carbocycles. The number of hydrogen-bond acceptors (Lipinski definition) is 7. The summed E-state index contributed by atoms with van der Waals surface area (Å²) in [6, 6.07) is 7.62. The average molecular weight is 420 g/mol. The van der Waals surface area contributed by atoms with E-state index in [1.165, 1.54) is 12.7 Å². The number of ether oxygens (including phenoxy) is 1. The average Bonchev–Trinajstić information content (AvgIpc) is 3.32. The van der Waals surface area contributed by atoms with Crippen LogP contribution >= 0.6 is 0 Å². The molecule has 1 aliphatic heterocycles. The number of hydrogen-bond donors (Lipinski definition) is 0. The van der Waals surface area contributed by atoms with E-state index in [2.05, 4.69) is 15.0 Å². The lowest BCUT2D eigenvalue weighted by molar-refractivity contribution is 0.104. The standard InChI is InChI=1S/C21H29N3O4S/c1-3-20-22-21(28-23-20)24-10-8-16(9-11-24)19-12-17(19)14-27-13-15-4-6-18(7-5-15)29(2,25)26/h4-7,16-17,19H,3,8-14H2,1-2H3/t17-,19+/m0/s1. The summed E-state index contributed by atoms with van der Waals surface area (Å²) in [7, 11) is -3.14. The molecular formula is C21H29N3O4S. The van der Waals surface area contributed by atoms with Gasteiger partial charge < -0.3 is 14.2 Å². The maximum atomic E-state index is 11.5. The fourth-order valence-electron chi connectivity index (χ4n) is 4.24. The summed E-state index contributed by atoms with van der Waals surface area (Å²) >= 11 is 0. The first-order valence-electron chi connectivity index (χ1n) is 10.4. The molecule has 0 N–H and O–H groups in total. The maximum Gasteiger partial charge on any atom is 0.324 e. The first-order valence-corrected chi connectivity index (χ1v) is 12.3. The summed E-state index contributed by atoms with van der Waals surface area (Å²) < 4.78 is 34.3. The Kier molecular flexibility index (Phi) is 5.92. The molecule has 1 aliphatic carbocycles. The van der Waals surface area contributed by atoms with E-state index in [1.54, 1.807) is 12.1 Å². The van der Waals surface area contributed by atoms with Crippen LogP contribution in [0.2, 0.25) is 0 Å². The monoisotopic (exact) mass is 419 g/mol. The second-order valence-electron chi connectivity index (χ2n) is 8.26. The van der Waals surface area contributed by atoms with Crippen LogP contribution in [0.1, 0.15) is 37.6 Å². The third kappa shape index (κ3) is 4.98. The topological polar surface area (TPSA) is 85.5 Å². The lowest BCUT2D eigenvalue weighted by Crippen LogP contribution is -2.34. The summed E-state index contributed by atoms with van der Waals surface area (Å²) in [6.45, 7) is 5.30. The van der Waals surface area contributed by atoms with E-state index in [0.29, 0.717) is 23.4 Å². The molecule has 2 atom stereocenters. The highest BCUT2D eigenvalue weighted by atomic mass is 32.2. The van der Waals surface area contributed by atoms with Gasteiger partial charge in [0, 0.05) is 25.8 Å². The van der Waals surface area contributed by atoms with Crippen LogP contribution in [0.25, 0.3) is 0 Å². The Morgan fingerprint density at radius 3 is 2.55 bits per heavy atom. The van der Waals surface area contributed by atoms with Gasteiger partial charge in [-0.25, -0.2) is 8.42 Å². The number of aryl methyl sites for hydroxylation is 1. The van der Waals surface area contributed by atoms with E-state index in [-0.39, 0.29) is 0 Å². The van der Waals surface area contributed by atoms with Crippen LogP contribution in [-0.4, -0.2) is 44.5 Å². The fraction of sp³-hybridized carbons (Fsp3) is 0.619. The summed E-state index contributed by atoms with van der Waals surface area (Å²) in [5.74, 6) is 2.94. The molecule has 2 aromatic rings. The number of sulfone groups is 1. The van der Waals surface area contributed by atoms with Crippen molar-refractivity contribution >= 4 is 15.9 Å². The first-order chi connectivity index (χ1) is 13.9. The van der Waals surface area contributed by atoms with Crippen LogP contribution in [-0.2, 0) is 27.6 Å². The van der Waals surface area contributed by atoms with Gasteiger partial charge in [0.05, 0.1) is 18.1 Å². The van der Waals surface area contributed by atoms with Crippen molar-refractivity contribution in [1.82, 2.24) is 10.1 Å². The molecule has 2 fully saturated rings. The van der Waals surface area contributed by atoms with Crippen LogP contribution in [0.3, 0.4) is 0 Å². The van der Waals surface area contributed by atoms with Gasteiger partial charge in [-0.15, -0.1) is 0 Å². The minimum Gasteiger partial charge on any atom is -0.376 e. The van der Waals surface area contributed by atoms with E-state index in [4.69, 9.17) is 9.26 Å². The maximum absolute atomic E-state index is 11.5. The molecule has 29 heavy (non-hydrogen) atoms. The van der Waals surface area contributed by atoms with Crippen molar-refractivity contribution in [2.24, 2.45) is 17.8 Å². The highest BCUT2D eigenvalue weighted by molar-refractivity contribution is 7.90. The molecule has 0 spiro atoms. The molecule has 158 valence electrons. The van der Waals surface area contributed by atoms with Crippen molar-refractivity contribution < 1.29 is 17.7 Å². The van der Waals surface area contributed by atoms with Crippen LogP contribution < -0.4 is 4.90 Å². The quantitative estimate of drug-likeness (QED) is 0.650. The number of nitrogens with zero attached hydrogens (tertiary/aromatic N) is 3. The minimum absolute atomic E-state index is 0.348. The summed E-state index contributed by atoms with van der Waals surface area (Å²) in [6.07, 6.45) is 5.60. The van der Waals surface area contributed by atoms with Crippen molar-refractivity contribution in [3.8, 4) is 0 Å². The summed E-state index contributed by atoms with van der Waals surface area (Å²) in [5.41, 5.74) is 1.01. The zero-order chi connectivity index (χ0) is 20.4. The lowest BCUT2D eigenvalue weighted by atomic mass is 9.91. The zero-order valence-corrected chi connectivity index (χ0v) is 17.9. The van der Waals surface area contributed by atoms with Gasteiger partial charge in [-0.2, -0.15) is 4.98 Å². The van der Waals surface area contributed by atoms with E-state index in [0.717, 1.165) is 62.2 Å². The van der Waals surface area contributed by atoms with Crippen molar-refractivity contribution in [3.05, 3.63) is 35.7 Å². The Hall–Kier alpha value is -1.93. The molecule has 1 saturated carbocycles. The Bertz CT molecular complexity index is 918. The molecule has 7 nitrogen and oxygen atoms in total. The molecule has 1 aromatic heterocycles.